The number of imidazole rings is 1. The van der Waals surface area contributed by atoms with E-state index in [9.17, 15) is 0 Å². The van der Waals surface area contributed by atoms with Gasteiger partial charge < -0.3 is 14.8 Å². The largest absolute Gasteiger partial charge is 0.473 e. The predicted molar refractivity (Wildman–Crippen MR) is 80.5 cm³/mol. The number of hydrogen-bond acceptors (Lipinski definition) is 3. The van der Waals surface area contributed by atoms with Crippen LogP contribution in [0.5, 0.6) is 0 Å². The van der Waals surface area contributed by atoms with Gasteiger partial charge in [0.05, 0.1) is 6.33 Å². The fourth-order valence-corrected chi connectivity index (χ4v) is 2.01. The molecule has 3 rings (SSSR count). The highest BCUT2D eigenvalue weighted by Crippen LogP contribution is 2.19. The minimum Gasteiger partial charge on any atom is -0.473 e. The van der Waals surface area contributed by atoms with Gasteiger partial charge in [0.15, 0.2) is 0 Å². The van der Waals surface area contributed by atoms with Crippen LogP contribution in [0.25, 0.3) is 10.8 Å². The molecule has 0 radical (unpaired) electrons. The number of carboxylic acid groups (broad SMARTS) is 2. The molecule has 0 aliphatic carbocycles. The van der Waals surface area contributed by atoms with Crippen LogP contribution in [0.3, 0.4) is 0 Å². The third-order valence-corrected chi connectivity index (χ3v) is 2.97. The van der Waals surface area contributed by atoms with Gasteiger partial charge in [-0.1, -0.05) is 42.5 Å². The van der Waals surface area contributed by atoms with E-state index in [1.54, 1.807) is 0 Å². The number of aliphatic carboxylic acids is 2. The van der Waals surface area contributed by atoms with Crippen molar-refractivity contribution in [1.29, 1.82) is 0 Å². The molecule has 0 saturated carbocycles. The maximum atomic E-state index is 9.10. The highest BCUT2D eigenvalue weighted by Gasteiger charge is 2.04. The van der Waals surface area contributed by atoms with E-state index in [2.05, 4.69) is 52.0 Å². The normalized spacial score (nSPS) is 9.82. The third kappa shape index (κ3) is 3.92. The minimum atomic E-state index is -1.82. The van der Waals surface area contributed by atoms with Crippen LogP contribution in [0.15, 0.2) is 61.2 Å². The molecule has 112 valence electrons. The van der Waals surface area contributed by atoms with Gasteiger partial charge >= 0.3 is 11.9 Å². The second kappa shape index (κ2) is 7.03. The van der Waals surface area contributed by atoms with E-state index in [1.165, 1.54) is 16.3 Å². The van der Waals surface area contributed by atoms with Gasteiger partial charge in [0.1, 0.15) is 0 Å². The summed E-state index contributed by atoms with van der Waals surface area (Å²) in [6.07, 6.45) is 5.65. The third-order valence-electron chi connectivity index (χ3n) is 2.97. The van der Waals surface area contributed by atoms with E-state index in [0.717, 1.165) is 6.54 Å². The highest BCUT2D eigenvalue weighted by atomic mass is 16.4. The molecule has 0 atom stereocenters. The highest BCUT2D eigenvalue weighted by molar-refractivity contribution is 6.27. The fourth-order valence-electron chi connectivity index (χ4n) is 2.01. The first-order valence-electron chi connectivity index (χ1n) is 6.46. The molecule has 0 bridgehead atoms. The zero-order chi connectivity index (χ0) is 15.9. The van der Waals surface area contributed by atoms with Gasteiger partial charge in [0.2, 0.25) is 0 Å². The first-order valence-corrected chi connectivity index (χ1v) is 6.46. The standard InChI is InChI=1S/C14H12N2.C2H2O4/c1-2-7-14-12(4-1)5-3-6-13(14)10-16-9-8-15-11-16;3-1(4)2(5)6/h1-9,11H,10H2;(H,3,4)(H,5,6). The van der Waals surface area contributed by atoms with Gasteiger partial charge in [-0.2, -0.15) is 0 Å². The zero-order valence-corrected chi connectivity index (χ0v) is 11.6. The average Bonchev–Trinajstić information content (AvgIpc) is 3.01. The van der Waals surface area contributed by atoms with E-state index in [0.29, 0.717) is 0 Å². The maximum Gasteiger partial charge on any atom is 0.414 e. The number of carboxylic acids is 2. The topological polar surface area (TPSA) is 92.4 Å². The molecule has 0 saturated heterocycles. The maximum absolute atomic E-state index is 9.10. The molecule has 3 aromatic rings. The van der Waals surface area contributed by atoms with E-state index in [-0.39, 0.29) is 0 Å². The monoisotopic (exact) mass is 298 g/mol. The molecule has 0 aliphatic rings. The van der Waals surface area contributed by atoms with Crippen molar-refractivity contribution in [2.45, 2.75) is 6.54 Å². The van der Waals surface area contributed by atoms with Crippen molar-refractivity contribution in [2.75, 3.05) is 0 Å². The lowest BCUT2D eigenvalue weighted by Gasteiger charge is -2.06. The number of benzene rings is 2. The first-order chi connectivity index (χ1) is 10.6. The first kappa shape index (κ1) is 15.2. The summed E-state index contributed by atoms with van der Waals surface area (Å²) in [4.78, 5) is 22.3. The summed E-state index contributed by atoms with van der Waals surface area (Å²) in [7, 11) is 0. The summed E-state index contributed by atoms with van der Waals surface area (Å²) in [6, 6.07) is 14.9. The second-order valence-corrected chi connectivity index (χ2v) is 4.48. The van der Waals surface area contributed by atoms with Crippen LogP contribution in [-0.4, -0.2) is 31.7 Å². The van der Waals surface area contributed by atoms with Gasteiger partial charge in [-0.3, -0.25) is 0 Å². The van der Waals surface area contributed by atoms with Crippen molar-refractivity contribution < 1.29 is 19.8 Å². The molecular formula is C16H14N2O4. The Bertz CT molecular complexity index is 764. The fraction of sp³-hybridized carbons (Fsp3) is 0.0625. The van der Waals surface area contributed by atoms with Crippen molar-refractivity contribution in [3.05, 3.63) is 66.7 Å². The Morgan fingerprint density at radius 3 is 2.32 bits per heavy atom. The number of nitrogens with zero attached hydrogens (tertiary/aromatic N) is 2. The molecular weight excluding hydrogens is 284 g/mol. The van der Waals surface area contributed by atoms with Crippen molar-refractivity contribution in [1.82, 2.24) is 9.55 Å². The lowest BCUT2D eigenvalue weighted by Crippen LogP contribution is -2.09. The van der Waals surface area contributed by atoms with E-state index in [1.807, 2.05) is 18.7 Å². The lowest BCUT2D eigenvalue weighted by molar-refractivity contribution is -0.159. The SMILES string of the molecule is O=C(O)C(=O)O.c1ccc2c(Cn3ccnc3)cccc2c1. The van der Waals surface area contributed by atoms with Crippen molar-refractivity contribution in [2.24, 2.45) is 0 Å². The summed E-state index contributed by atoms with van der Waals surface area (Å²) in [5.74, 6) is -3.65. The summed E-state index contributed by atoms with van der Waals surface area (Å²) in [5, 5.41) is 17.4. The zero-order valence-electron chi connectivity index (χ0n) is 11.6. The summed E-state index contributed by atoms with van der Waals surface area (Å²) in [6.45, 7) is 0.876. The second-order valence-electron chi connectivity index (χ2n) is 4.48. The quantitative estimate of drug-likeness (QED) is 0.708. The van der Waals surface area contributed by atoms with Crippen LogP contribution in [0, 0.1) is 0 Å². The molecule has 22 heavy (non-hydrogen) atoms. The molecule has 0 spiro atoms. The molecule has 0 aliphatic heterocycles. The molecule has 1 heterocycles. The summed E-state index contributed by atoms with van der Waals surface area (Å²) >= 11 is 0. The summed E-state index contributed by atoms with van der Waals surface area (Å²) < 4.78 is 2.09. The van der Waals surface area contributed by atoms with Crippen LogP contribution < -0.4 is 0 Å². The Kier molecular flexibility index (Phi) is 4.87. The summed E-state index contributed by atoms with van der Waals surface area (Å²) in [5.41, 5.74) is 1.33. The van der Waals surface area contributed by atoms with Gasteiger partial charge in [-0.05, 0) is 16.3 Å². The molecule has 6 heteroatoms. The number of aromatic nitrogens is 2. The van der Waals surface area contributed by atoms with Crippen molar-refractivity contribution >= 4 is 22.7 Å². The Morgan fingerprint density at radius 1 is 1.00 bits per heavy atom. The molecule has 2 N–H and O–H groups in total. The minimum absolute atomic E-state index is 0.876. The Morgan fingerprint density at radius 2 is 1.68 bits per heavy atom. The molecule has 0 unspecified atom stereocenters. The molecule has 0 fully saturated rings. The van der Waals surface area contributed by atoms with E-state index < -0.39 is 11.9 Å². The van der Waals surface area contributed by atoms with Gasteiger partial charge in [0, 0.05) is 18.9 Å². The van der Waals surface area contributed by atoms with Crippen LogP contribution in [0.1, 0.15) is 5.56 Å². The number of hydrogen-bond donors (Lipinski definition) is 2. The van der Waals surface area contributed by atoms with Crippen LogP contribution in [-0.2, 0) is 16.1 Å². The lowest BCUT2D eigenvalue weighted by atomic mass is 10.0. The predicted octanol–water partition coefficient (Wildman–Crippen LogP) is 2.24. The molecule has 1 aromatic heterocycles. The number of carbonyl (C=O) groups is 2. The molecule has 0 amide bonds. The Balaban J connectivity index is 0.000000254. The number of rotatable bonds is 2. The van der Waals surface area contributed by atoms with Crippen LogP contribution in [0.2, 0.25) is 0 Å². The van der Waals surface area contributed by atoms with Crippen LogP contribution in [0.4, 0.5) is 0 Å². The smallest absolute Gasteiger partial charge is 0.414 e. The van der Waals surface area contributed by atoms with Crippen LogP contribution >= 0.6 is 0 Å². The average molecular weight is 298 g/mol. The number of fused-ring (bicyclic) bond motifs is 1. The molecule has 6 nitrogen and oxygen atoms in total. The van der Waals surface area contributed by atoms with Gasteiger partial charge in [-0.15, -0.1) is 0 Å². The molecule has 2 aromatic carbocycles. The van der Waals surface area contributed by atoms with Gasteiger partial charge in [-0.25, -0.2) is 14.6 Å². The Hall–Kier alpha value is -3.15. The van der Waals surface area contributed by atoms with E-state index >= 15 is 0 Å². The van der Waals surface area contributed by atoms with Gasteiger partial charge in [0.25, 0.3) is 0 Å². The van der Waals surface area contributed by atoms with Crippen molar-refractivity contribution in [3.8, 4) is 0 Å². The Labute approximate surface area is 126 Å². The van der Waals surface area contributed by atoms with Crippen molar-refractivity contribution in [3.63, 3.8) is 0 Å². The van der Waals surface area contributed by atoms with E-state index in [4.69, 9.17) is 19.8 Å².